The van der Waals surface area contributed by atoms with Gasteiger partial charge in [-0.25, -0.2) is 0 Å². The number of nitrogens with one attached hydrogen (secondary N) is 2. The van der Waals surface area contributed by atoms with Crippen LogP contribution in [0.4, 0.5) is 0 Å². The van der Waals surface area contributed by atoms with Gasteiger partial charge in [-0.15, -0.1) is 0 Å². The van der Waals surface area contributed by atoms with Gasteiger partial charge in [0.15, 0.2) is 5.11 Å². The van der Waals surface area contributed by atoms with Crippen molar-refractivity contribution in [2.24, 2.45) is 0 Å². The van der Waals surface area contributed by atoms with Crippen LogP contribution in [-0.2, 0) is 0 Å². The number of benzene rings is 1. The normalized spacial score (nSPS) is 9.53. The summed E-state index contributed by atoms with van der Waals surface area (Å²) in [6.07, 6.45) is 0.894. The van der Waals surface area contributed by atoms with Crippen LogP contribution in [0.3, 0.4) is 0 Å². The summed E-state index contributed by atoms with van der Waals surface area (Å²) >= 11 is 4.88. The van der Waals surface area contributed by atoms with Crippen molar-refractivity contribution in [3.05, 3.63) is 29.8 Å². The third-order valence-electron chi connectivity index (χ3n) is 2.05. The molecule has 92 valence electrons. The lowest BCUT2D eigenvalue weighted by molar-refractivity contribution is 0.0973. The molecule has 0 fully saturated rings. The van der Waals surface area contributed by atoms with Crippen molar-refractivity contribution < 1.29 is 9.53 Å². The maximum atomic E-state index is 11.9. The van der Waals surface area contributed by atoms with E-state index in [0.29, 0.717) is 23.0 Å². The lowest BCUT2D eigenvalue weighted by Crippen LogP contribution is -2.37. The van der Waals surface area contributed by atoms with Gasteiger partial charge in [0.1, 0.15) is 5.75 Å². The Morgan fingerprint density at radius 1 is 1.41 bits per heavy atom. The minimum absolute atomic E-state index is 0.268. The Bertz CT molecular complexity index is 407. The van der Waals surface area contributed by atoms with Gasteiger partial charge < -0.3 is 10.1 Å². The van der Waals surface area contributed by atoms with Crippen LogP contribution in [-0.4, -0.2) is 24.7 Å². The van der Waals surface area contributed by atoms with E-state index >= 15 is 0 Å². The quantitative estimate of drug-likeness (QED) is 0.801. The van der Waals surface area contributed by atoms with E-state index in [1.54, 1.807) is 25.2 Å². The molecule has 17 heavy (non-hydrogen) atoms. The van der Waals surface area contributed by atoms with Gasteiger partial charge in [-0.2, -0.15) is 0 Å². The SMILES string of the molecule is CCCOc1ccccc1C(=O)NC(=S)NC. The molecule has 0 radical (unpaired) electrons. The van der Waals surface area contributed by atoms with Gasteiger partial charge >= 0.3 is 0 Å². The van der Waals surface area contributed by atoms with Crippen molar-refractivity contribution in [1.29, 1.82) is 0 Å². The number of hydrogen-bond acceptors (Lipinski definition) is 3. The number of thiocarbonyl (C=S) groups is 1. The number of amides is 1. The fourth-order valence-electron chi connectivity index (χ4n) is 1.23. The molecular weight excluding hydrogens is 236 g/mol. The number of rotatable bonds is 4. The Morgan fingerprint density at radius 2 is 2.12 bits per heavy atom. The third kappa shape index (κ3) is 4.03. The molecule has 1 amide bonds. The summed E-state index contributed by atoms with van der Waals surface area (Å²) in [5.41, 5.74) is 0.485. The van der Waals surface area contributed by atoms with E-state index in [9.17, 15) is 4.79 Å². The number of ether oxygens (including phenoxy) is 1. The molecule has 4 nitrogen and oxygen atoms in total. The lowest BCUT2D eigenvalue weighted by atomic mass is 10.2. The van der Waals surface area contributed by atoms with Gasteiger partial charge in [-0.1, -0.05) is 19.1 Å². The maximum absolute atomic E-state index is 11.9. The van der Waals surface area contributed by atoms with Crippen LogP contribution in [0.25, 0.3) is 0 Å². The Kier molecular flexibility index (Phi) is 5.42. The first-order valence-electron chi connectivity index (χ1n) is 5.44. The van der Waals surface area contributed by atoms with Crippen LogP contribution in [0, 0.1) is 0 Å². The molecule has 0 saturated heterocycles. The molecule has 2 N–H and O–H groups in total. The third-order valence-corrected chi connectivity index (χ3v) is 2.35. The van der Waals surface area contributed by atoms with Gasteiger partial charge in [0.2, 0.25) is 0 Å². The maximum Gasteiger partial charge on any atom is 0.261 e. The van der Waals surface area contributed by atoms with E-state index in [0.717, 1.165) is 6.42 Å². The summed E-state index contributed by atoms with van der Waals surface area (Å²) in [4.78, 5) is 11.9. The smallest absolute Gasteiger partial charge is 0.261 e. The van der Waals surface area contributed by atoms with E-state index in [1.807, 2.05) is 13.0 Å². The van der Waals surface area contributed by atoms with E-state index < -0.39 is 0 Å². The zero-order valence-electron chi connectivity index (χ0n) is 9.95. The van der Waals surface area contributed by atoms with Crippen LogP contribution in [0.2, 0.25) is 0 Å². The molecule has 5 heteroatoms. The van der Waals surface area contributed by atoms with Gasteiger partial charge in [-0.05, 0) is 30.8 Å². The van der Waals surface area contributed by atoms with Crippen molar-refractivity contribution in [2.75, 3.05) is 13.7 Å². The predicted molar refractivity (Wildman–Crippen MR) is 71.4 cm³/mol. The molecule has 0 unspecified atom stereocenters. The largest absolute Gasteiger partial charge is 0.493 e. The fraction of sp³-hybridized carbons (Fsp3) is 0.333. The van der Waals surface area contributed by atoms with Crippen molar-refractivity contribution in [2.45, 2.75) is 13.3 Å². The standard InChI is InChI=1S/C12H16N2O2S/c1-3-8-16-10-7-5-4-6-9(10)11(15)14-12(17)13-2/h4-7H,3,8H2,1-2H3,(H2,13,14,15,17). The van der Waals surface area contributed by atoms with Crippen molar-refractivity contribution in [3.8, 4) is 5.75 Å². The molecular formula is C12H16N2O2S. The van der Waals surface area contributed by atoms with Gasteiger partial charge in [0.25, 0.3) is 5.91 Å². The molecule has 0 bridgehead atoms. The number of hydrogen-bond donors (Lipinski definition) is 2. The number of carbonyl (C=O) groups excluding carboxylic acids is 1. The first-order valence-corrected chi connectivity index (χ1v) is 5.84. The molecule has 0 spiro atoms. The Balaban J connectivity index is 2.81. The van der Waals surface area contributed by atoms with Crippen molar-refractivity contribution in [1.82, 2.24) is 10.6 Å². The summed E-state index contributed by atoms with van der Waals surface area (Å²) < 4.78 is 5.50. The van der Waals surface area contributed by atoms with Gasteiger partial charge in [-0.3, -0.25) is 10.1 Å². The molecule has 0 heterocycles. The van der Waals surface area contributed by atoms with Crippen LogP contribution < -0.4 is 15.4 Å². The molecule has 0 aliphatic heterocycles. The molecule has 0 atom stereocenters. The molecule has 0 aliphatic rings. The zero-order chi connectivity index (χ0) is 12.7. The Hall–Kier alpha value is -1.62. The minimum Gasteiger partial charge on any atom is -0.493 e. The Morgan fingerprint density at radius 3 is 2.76 bits per heavy atom. The summed E-state index contributed by atoms with van der Waals surface area (Å²) in [7, 11) is 1.65. The van der Waals surface area contributed by atoms with Crippen LogP contribution in [0.15, 0.2) is 24.3 Å². The second-order valence-electron chi connectivity index (χ2n) is 3.38. The summed E-state index contributed by atoms with van der Waals surface area (Å²) in [5.74, 6) is 0.307. The second-order valence-corrected chi connectivity index (χ2v) is 3.79. The summed E-state index contributed by atoms with van der Waals surface area (Å²) in [5, 5.41) is 5.54. The van der Waals surface area contributed by atoms with E-state index in [4.69, 9.17) is 17.0 Å². The first kappa shape index (κ1) is 13.4. The second kappa shape index (κ2) is 6.85. The molecule has 1 aromatic rings. The fourth-order valence-corrected chi connectivity index (χ4v) is 1.32. The lowest BCUT2D eigenvalue weighted by Gasteiger charge is -2.11. The highest BCUT2D eigenvalue weighted by atomic mass is 32.1. The topological polar surface area (TPSA) is 50.4 Å². The van der Waals surface area contributed by atoms with E-state index in [1.165, 1.54) is 0 Å². The van der Waals surface area contributed by atoms with Crippen molar-refractivity contribution >= 4 is 23.2 Å². The average Bonchev–Trinajstić information content (AvgIpc) is 2.36. The molecule has 1 aromatic carbocycles. The highest BCUT2D eigenvalue weighted by molar-refractivity contribution is 7.80. The predicted octanol–water partition coefficient (Wildman–Crippen LogP) is 1.71. The molecule has 1 rings (SSSR count). The van der Waals surface area contributed by atoms with Crippen LogP contribution in [0.5, 0.6) is 5.75 Å². The van der Waals surface area contributed by atoms with Crippen LogP contribution in [0.1, 0.15) is 23.7 Å². The van der Waals surface area contributed by atoms with Gasteiger partial charge in [0, 0.05) is 7.05 Å². The molecule has 0 saturated carbocycles. The summed E-state index contributed by atoms with van der Waals surface area (Å²) in [6, 6.07) is 7.10. The Labute approximate surface area is 106 Å². The van der Waals surface area contributed by atoms with Crippen LogP contribution >= 0.6 is 12.2 Å². The minimum atomic E-state index is -0.268. The van der Waals surface area contributed by atoms with Crippen molar-refractivity contribution in [3.63, 3.8) is 0 Å². The summed E-state index contributed by atoms with van der Waals surface area (Å²) in [6.45, 7) is 2.60. The highest BCUT2D eigenvalue weighted by Gasteiger charge is 2.12. The number of carbonyl (C=O) groups is 1. The number of para-hydroxylation sites is 1. The molecule has 0 aromatic heterocycles. The van der Waals surface area contributed by atoms with E-state index in [-0.39, 0.29) is 5.91 Å². The van der Waals surface area contributed by atoms with E-state index in [2.05, 4.69) is 10.6 Å². The first-order chi connectivity index (χ1) is 8.19. The average molecular weight is 252 g/mol. The highest BCUT2D eigenvalue weighted by Crippen LogP contribution is 2.17. The van der Waals surface area contributed by atoms with Gasteiger partial charge in [0.05, 0.1) is 12.2 Å². The monoisotopic (exact) mass is 252 g/mol. The molecule has 0 aliphatic carbocycles. The zero-order valence-corrected chi connectivity index (χ0v) is 10.8.